The van der Waals surface area contributed by atoms with E-state index in [2.05, 4.69) is 5.32 Å². The van der Waals surface area contributed by atoms with Gasteiger partial charge in [-0.05, 0) is 54.1 Å². The molecule has 2 amide bonds. The van der Waals surface area contributed by atoms with E-state index in [4.69, 9.17) is 49.6 Å². The monoisotopic (exact) mass is 574 g/mol. The van der Waals surface area contributed by atoms with E-state index >= 15 is 0 Å². The predicted octanol–water partition coefficient (Wildman–Crippen LogP) is 6.43. The highest BCUT2D eigenvalue weighted by atomic mass is 35.5. The van der Waals surface area contributed by atoms with Gasteiger partial charge in [0, 0.05) is 5.02 Å². The van der Waals surface area contributed by atoms with E-state index in [1.165, 1.54) is 19.1 Å². The maximum atomic E-state index is 13.1. The molecule has 1 saturated heterocycles. The number of rotatable bonds is 8. The topological polar surface area (TPSA) is 77.1 Å². The molecule has 0 saturated carbocycles. The van der Waals surface area contributed by atoms with Gasteiger partial charge in [0.1, 0.15) is 5.75 Å². The van der Waals surface area contributed by atoms with E-state index in [0.717, 1.165) is 11.8 Å². The number of nitrogens with one attached hydrogen (secondary N) is 1. The van der Waals surface area contributed by atoms with Gasteiger partial charge in [-0.15, -0.1) is 0 Å². The summed E-state index contributed by atoms with van der Waals surface area (Å²) in [4.78, 5) is 27.3. The molecule has 1 aliphatic heterocycles. The molecule has 11 heteroatoms. The summed E-state index contributed by atoms with van der Waals surface area (Å²) in [6, 6.07) is 17.0. The van der Waals surface area contributed by atoms with Crippen LogP contribution in [0.5, 0.6) is 17.2 Å². The first kappa shape index (κ1) is 26.8. The molecule has 0 spiro atoms. The van der Waals surface area contributed by atoms with Crippen LogP contribution in [0.2, 0.25) is 10.0 Å². The average molecular weight is 575 g/mol. The summed E-state index contributed by atoms with van der Waals surface area (Å²) in [7, 11) is 3.02. The van der Waals surface area contributed by atoms with Gasteiger partial charge in [0.15, 0.2) is 22.4 Å². The standard InChI is InChI=1S/C26H20Cl2N2O5S2/c1-33-20-6-4-3-5-18(20)29-24(31)14-35-21-10-7-15(11-22(21)34-2)12-23-25(32)30(26(36)37-23)19-9-8-16(27)13-17(19)28/h3-13H,14H2,1-2H3,(H,29,31)/b23-12+. The molecule has 3 aromatic carbocycles. The quantitative estimate of drug-likeness (QED) is 0.245. The number of hydrogen-bond acceptors (Lipinski definition) is 7. The number of nitrogens with zero attached hydrogens (tertiary/aromatic N) is 1. The Hall–Kier alpha value is -3.24. The Morgan fingerprint density at radius 3 is 2.51 bits per heavy atom. The largest absolute Gasteiger partial charge is 0.495 e. The highest BCUT2D eigenvalue weighted by molar-refractivity contribution is 8.27. The number of methoxy groups -OCH3 is 2. The van der Waals surface area contributed by atoms with Gasteiger partial charge in [0.2, 0.25) is 0 Å². The number of ether oxygens (including phenoxy) is 3. The fraction of sp³-hybridized carbons (Fsp3) is 0.115. The summed E-state index contributed by atoms with van der Waals surface area (Å²) in [6.07, 6.45) is 1.70. The van der Waals surface area contributed by atoms with Crippen LogP contribution in [0.25, 0.3) is 6.08 Å². The van der Waals surface area contributed by atoms with Crippen molar-refractivity contribution in [1.82, 2.24) is 0 Å². The SMILES string of the molecule is COc1ccccc1NC(=O)COc1ccc(/C=C2/SC(=S)N(c3ccc(Cl)cc3Cl)C2=O)cc1OC. The van der Waals surface area contributed by atoms with Gasteiger partial charge in [0.05, 0.1) is 35.5 Å². The molecule has 0 atom stereocenters. The number of benzene rings is 3. The van der Waals surface area contributed by atoms with Gasteiger partial charge < -0.3 is 19.5 Å². The van der Waals surface area contributed by atoms with Crippen LogP contribution in [0.15, 0.2) is 65.6 Å². The van der Waals surface area contributed by atoms with Crippen LogP contribution in [0, 0.1) is 0 Å². The minimum atomic E-state index is -0.361. The van der Waals surface area contributed by atoms with Crippen molar-refractivity contribution >= 4 is 80.8 Å². The molecule has 1 N–H and O–H groups in total. The highest BCUT2D eigenvalue weighted by Crippen LogP contribution is 2.40. The fourth-order valence-electron chi connectivity index (χ4n) is 3.46. The Morgan fingerprint density at radius 1 is 1.03 bits per heavy atom. The number of thiocarbonyl (C=S) groups is 1. The molecule has 37 heavy (non-hydrogen) atoms. The molecule has 190 valence electrons. The van der Waals surface area contributed by atoms with Crippen molar-refractivity contribution in [1.29, 1.82) is 0 Å². The average Bonchev–Trinajstić information content (AvgIpc) is 3.15. The first-order valence-electron chi connectivity index (χ1n) is 10.8. The number of carbonyl (C=O) groups is 2. The van der Waals surface area contributed by atoms with Crippen molar-refractivity contribution < 1.29 is 23.8 Å². The maximum Gasteiger partial charge on any atom is 0.270 e. The third-order valence-electron chi connectivity index (χ3n) is 5.17. The van der Waals surface area contributed by atoms with Crippen LogP contribution in [-0.2, 0) is 9.59 Å². The maximum absolute atomic E-state index is 13.1. The summed E-state index contributed by atoms with van der Waals surface area (Å²) in [5, 5.41) is 3.53. The molecule has 0 aromatic heterocycles. The van der Waals surface area contributed by atoms with Crippen LogP contribution >= 0.6 is 47.2 Å². The van der Waals surface area contributed by atoms with E-state index in [1.807, 2.05) is 6.07 Å². The number of halogens is 2. The number of anilines is 2. The minimum Gasteiger partial charge on any atom is -0.495 e. The van der Waals surface area contributed by atoms with E-state index in [0.29, 0.717) is 53.5 Å². The highest BCUT2D eigenvalue weighted by Gasteiger charge is 2.34. The van der Waals surface area contributed by atoms with Crippen LogP contribution < -0.4 is 24.4 Å². The summed E-state index contributed by atoms with van der Waals surface area (Å²) in [6.45, 7) is -0.242. The van der Waals surface area contributed by atoms with Crippen molar-refractivity contribution in [3.8, 4) is 17.2 Å². The second-order valence-corrected chi connectivity index (χ2v) is 10.1. The van der Waals surface area contributed by atoms with E-state index < -0.39 is 0 Å². The second kappa shape index (κ2) is 11.9. The lowest BCUT2D eigenvalue weighted by molar-refractivity contribution is -0.118. The minimum absolute atomic E-state index is 0.242. The van der Waals surface area contributed by atoms with Crippen molar-refractivity contribution in [2.45, 2.75) is 0 Å². The molecule has 0 unspecified atom stereocenters. The first-order valence-corrected chi connectivity index (χ1v) is 12.8. The number of para-hydroxylation sites is 2. The number of hydrogen-bond donors (Lipinski definition) is 1. The molecular weight excluding hydrogens is 555 g/mol. The Balaban J connectivity index is 1.47. The van der Waals surface area contributed by atoms with Gasteiger partial charge in [-0.25, -0.2) is 0 Å². The lowest BCUT2D eigenvalue weighted by atomic mass is 10.2. The zero-order valence-corrected chi connectivity index (χ0v) is 22.8. The van der Waals surface area contributed by atoms with Gasteiger partial charge in [-0.1, -0.05) is 65.4 Å². The Labute approximate surface area is 233 Å². The Bertz CT molecular complexity index is 1410. The van der Waals surface area contributed by atoms with Crippen molar-refractivity contribution in [3.63, 3.8) is 0 Å². The normalized spacial score (nSPS) is 14.2. The molecule has 3 aromatic rings. The van der Waals surface area contributed by atoms with Crippen molar-refractivity contribution in [3.05, 3.63) is 81.2 Å². The fourth-order valence-corrected chi connectivity index (χ4v) is 5.24. The van der Waals surface area contributed by atoms with Gasteiger partial charge >= 0.3 is 0 Å². The molecule has 0 aliphatic carbocycles. The van der Waals surface area contributed by atoms with E-state index in [-0.39, 0.29) is 18.4 Å². The lowest BCUT2D eigenvalue weighted by Crippen LogP contribution is -2.27. The smallest absolute Gasteiger partial charge is 0.270 e. The van der Waals surface area contributed by atoms with Crippen LogP contribution in [0.1, 0.15) is 5.56 Å². The molecule has 7 nitrogen and oxygen atoms in total. The van der Waals surface area contributed by atoms with Gasteiger partial charge in [-0.3, -0.25) is 14.5 Å². The summed E-state index contributed by atoms with van der Waals surface area (Å²) >= 11 is 18.8. The van der Waals surface area contributed by atoms with Gasteiger partial charge in [0.25, 0.3) is 11.8 Å². The molecular formula is C26H20Cl2N2O5S2. The van der Waals surface area contributed by atoms with E-state index in [9.17, 15) is 9.59 Å². The first-order chi connectivity index (χ1) is 17.8. The van der Waals surface area contributed by atoms with Crippen LogP contribution in [-0.4, -0.2) is 37.0 Å². The number of thioether (sulfide) groups is 1. The predicted molar refractivity (Wildman–Crippen MR) is 152 cm³/mol. The zero-order chi connectivity index (χ0) is 26.5. The van der Waals surface area contributed by atoms with Crippen molar-refractivity contribution in [2.24, 2.45) is 0 Å². The van der Waals surface area contributed by atoms with Crippen LogP contribution in [0.4, 0.5) is 11.4 Å². The summed E-state index contributed by atoms with van der Waals surface area (Å²) in [5.74, 6) is 0.651. The Kier molecular flexibility index (Phi) is 8.60. The lowest BCUT2D eigenvalue weighted by Gasteiger charge is -2.16. The molecule has 0 bridgehead atoms. The van der Waals surface area contributed by atoms with Gasteiger partial charge in [-0.2, -0.15) is 0 Å². The molecule has 0 radical (unpaired) electrons. The third kappa shape index (κ3) is 6.19. The summed E-state index contributed by atoms with van der Waals surface area (Å²) < 4.78 is 16.7. The second-order valence-electron chi connectivity index (χ2n) is 7.56. The zero-order valence-electron chi connectivity index (χ0n) is 19.6. The third-order valence-corrected chi connectivity index (χ3v) is 7.01. The molecule has 1 heterocycles. The molecule has 1 aliphatic rings. The van der Waals surface area contributed by atoms with Crippen molar-refractivity contribution in [2.75, 3.05) is 31.0 Å². The number of carbonyl (C=O) groups excluding carboxylic acids is 2. The summed E-state index contributed by atoms with van der Waals surface area (Å²) in [5.41, 5.74) is 1.69. The number of amides is 2. The molecule has 1 fully saturated rings. The van der Waals surface area contributed by atoms with E-state index in [1.54, 1.807) is 60.7 Å². The van der Waals surface area contributed by atoms with Crippen LogP contribution in [0.3, 0.4) is 0 Å². The molecule has 4 rings (SSSR count). The Morgan fingerprint density at radius 2 is 1.78 bits per heavy atom.